The van der Waals surface area contributed by atoms with Gasteiger partial charge in [-0.25, -0.2) is 0 Å². The maximum atomic E-state index is 12.3. The smallest absolute Gasteiger partial charge is 0.303 e. The minimum absolute atomic E-state index is 0.0191. The van der Waals surface area contributed by atoms with E-state index in [0.29, 0.717) is 42.7 Å². The first-order valence-electron chi connectivity index (χ1n) is 16.3. The molecule has 1 aliphatic carbocycles. The third kappa shape index (κ3) is 8.68. The molecule has 5 rings (SSSR count). The maximum absolute atomic E-state index is 12.3. The summed E-state index contributed by atoms with van der Waals surface area (Å²) in [6.07, 6.45) is 6.51. The normalized spacial score (nSPS) is 28.1. The van der Waals surface area contributed by atoms with Crippen LogP contribution in [-0.2, 0) is 32.2 Å². The number of likely N-dealkylation sites (tertiary alicyclic amines) is 1. The van der Waals surface area contributed by atoms with Gasteiger partial charge < -0.3 is 25.0 Å². The van der Waals surface area contributed by atoms with Crippen molar-refractivity contribution in [2.45, 2.75) is 116 Å². The SMILES string of the molecule is CC1(C)CC2CC(C)(CN2CC2CC(c3ccc(CO)cc3)OC(c3ccc(CNC(=O)CCCCCC(=O)O)cc3)O2)C1. The third-order valence-corrected chi connectivity index (χ3v) is 9.61. The van der Waals surface area contributed by atoms with E-state index in [1.54, 1.807) is 0 Å². The van der Waals surface area contributed by atoms with Crippen LogP contribution in [0.15, 0.2) is 48.5 Å². The van der Waals surface area contributed by atoms with Gasteiger partial charge in [-0.05, 0) is 59.6 Å². The molecule has 8 nitrogen and oxygen atoms in total. The van der Waals surface area contributed by atoms with Crippen LogP contribution in [0.25, 0.3) is 0 Å². The fourth-order valence-corrected chi connectivity index (χ4v) is 7.90. The molecule has 1 saturated carbocycles. The van der Waals surface area contributed by atoms with Gasteiger partial charge >= 0.3 is 5.97 Å². The van der Waals surface area contributed by atoms with Crippen LogP contribution in [0.3, 0.4) is 0 Å². The number of amides is 1. The molecule has 5 unspecified atom stereocenters. The lowest BCUT2D eigenvalue weighted by atomic mass is 9.65. The molecule has 44 heavy (non-hydrogen) atoms. The molecule has 2 heterocycles. The lowest BCUT2D eigenvalue weighted by Gasteiger charge is -2.41. The van der Waals surface area contributed by atoms with Crippen LogP contribution in [0.2, 0.25) is 0 Å². The average molecular weight is 607 g/mol. The summed E-state index contributed by atoms with van der Waals surface area (Å²) < 4.78 is 13.2. The van der Waals surface area contributed by atoms with Crippen LogP contribution in [0.4, 0.5) is 0 Å². The number of carboxylic acids is 1. The molecule has 1 amide bonds. The first kappa shape index (κ1) is 32.6. The van der Waals surface area contributed by atoms with Crippen LogP contribution in [0.5, 0.6) is 0 Å². The van der Waals surface area contributed by atoms with Crippen LogP contribution in [0.1, 0.15) is 113 Å². The van der Waals surface area contributed by atoms with Crippen molar-refractivity contribution in [2.75, 3.05) is 13.1 Å². The van der Waals surface area contributed by atoms with Gasteiger partial charge in [0, 0.05) is 50.5 Å². The number of ether oxygens (including phenoxy) is 2. The monoisotopic (exact) mass is 606 g/mol. The van der Waals surface area contributed by atoms with Crippen molar-refractivity contribution in [2.24, 2.45) is 10.8 Å². The van der Waals surface area contributed by atoms with Gasteiger partial charge in [-0.1, -0.05) is 75.7 Å². The second-order valence-electron chi connectivity index (χ2n) is 14.5. The Morgan fingerprint density at radius 3 is 2.30 bits per heavy atom. The molecule has 0 radical (unpaired) electrons. The summed E-state index contributed by atoms with van der Waals surface area (Å²) in [5, 5.41) is 21.2. The lowest BCUT2D eigenvalue weighted by Crippen LogP contribution is -2.42. The van der Waals surface area contributed by atoms with E-state index >= 15 is 0 Å². The number of aliphatic hydroxyl groups excluding tert-OH is 1. The molecule has 8 heteroatoms. The number of aliphatic carboxylic acids is 1. The number of aliphatic hydroxyl groups is 1. The summed E-state index contributed by atoms with van der Waals surface area (Å²) >= 11 is 0. The van der Waals surface area contributed by atoms with Gasteiger partial charge in [0.2, 0.25) is 5.91 Å². The van der Waals surface area contributed by atoms with Crippen LogP contribution >= 0.6 is 0 Å². The highest BCUT2D eigenvalue weighted by Crippen LogP contribution is 2.53. The van der Waals surface area contributed by atoms with Crippen molar-refractivity contribution in [3.8, 4) is 0 Å². The number of unbranched alkanes of at least 4 members (excludes halogenated alkanes) is 2. The van der Waals surface area contributed by atoms with E-state index in [4.69, 9.17) is 14.6 Å². The first-order chi connectivity index (χ1) is 21.0. The number of benzene rings is 2. The van der Waals surface area contributed by atoms with E-state index in [0.717, 1.165) is 48.2 Å². The minimum Gasteiger partial charge on any atom is -0.481 e. The topological polar surface area (TPSA) is 108 Å². The number of carbonyl (C=O) groups excluding carboxylic acids is 1. The Kier molecular flexibility index (Phi) is 10.5. The summed E-state index contributed by atoms with van der Waals surface area (Å²) in [6.45, 7) is 9.74. The number of carbonyl (C=O) groups is 2. The van der Waals surface area contributed by atoms with Crippen molar-refractivity contribution < 1.29 is 29.3 Å². The third-order valence-electron chi connectivity index (χ3n) is 9.61. The van der Waals surface area contributed by atoms with E-state index in [9.17, 15) is 14.7 Å². The van der Waals surface area contributed by atoms with Crippen molar-refractivity contribution in [1.29, 1.82) is 0 Å². The Morgan fingerprint density at radius 1 is 0.909 bits per heavy atom. The molecule has 2 saturated heterocycles. The first-order valence-corrected chi connectivity index (χ1v) is 16.3. The number of hydrogen-bond donors (Lipinski definition) is 3. The predicted octanol–water partition coefficient (Wildman–Crippen LogP) is 6.28. The van der Waals surface area contributed by atoms with Gasteiger partial charge in [0.25, 0.3) is 0 Å². The van der Waals surface area contributed by atoms with Crippen molar-refractivity contribution in [3.05, 3.63) is 70.8 Å². The van der Waals surface area contributed by atoms with Gasteiger partial charge in [0.1, 0.15) is 0 Å². The molecule has 2 aliphatic heterocycles. The van der Waals surface area contributed by atoms with Crippen LogP contribution in [-0.4, -0.2) is 52.2 Å². The molecule has 0 aromatic heterocycles. The molecule has 240 valence electrons. The zero-order valence-electron chi connectivity index (χ0n) is 26.6. The molecule has 5 atom stereocenters. The molecule has 3 fully saturated rings. The summed E-state index contributed by atoms with van der Waals surface area (Å²) in [6, 6.07) is 16.7. The summed E-state index contributed by atoms with van der Waals surface area (Å²) in [7, 11) is 0. The van der Waals surface area contributed by atoms with Crippen LogP contribution < -0.4 is 5.32 Å². The Balaban J connectivity index is 1.22. The average Bonchev–Trinajstić information content (AvgIpc) is 3.22. The highest BCUT2D eigenvalue weighted by molar-refractivity contribution is 5.75. The Bertz CT molecular complexity index is 1260. The summed E-state index contributed by atoms with van der Waals surface area (Å²) in [4.78, 5) is 25.6. The Morgan fingerprint density at radius 2 is 1.59 bits per heavy atom. The van der Waals surface area contributed by atoms with Gasteiger partial charge in [-0.3, -0.25) is 14.5 Å². The van der Waals surface area contributed by atoms with Crippen molar-refractivity contribution in [1.82, 2.24) is 10.2 Å². The Hall–Kier alpha value is -2.78. The van der Waals surface area contributed by atoms with Gasteiger partial charge in [-0.15, -0.1) is 0 Å². The molecular formula is C36H50N2O6. The second kappa shape index (κ2) is 14.1. The number of nitrogens with zero attached hydrogens (tertiary/aromatic N) is 1. The number of nitrogens with one attached hydrogen (secondary N) is 1. The zero-order chi connectivity index (χ0) is 31.3. The largest absolute Gasteiger partial charge is 0.481 e. The van der Waals surface area contributed by atoms with Gasteiger partial charge in [-0.2, -0.15) is 0 Å². The minimum atomic E-state index is -0.794. The maximum Gasteiger partial charge on any atom is 0.303 e. The highest BCUT2D eigenvalue weighted by atomic mass is 16.7. The summed E-state index contributed by atoms with van der Waals surface area (Å²) in [5.41, 5.74) is 4.66. The number of hydrogen-bond acceptors (Lipinski definition) is 6. The molecule has 2 bridgehead atoms. The molecule has 2 aromatic rings. The second-order valence-corrected chi connectivity index (χ2v) is 14.5. The van der Waals surface area contributed by atoms with E-state index in [1.165, 1.54) is 19.3 Å². The Labute approximate surface area is 262 Å². The van der Waals surface area contributed by atoms with E-state index in [-0.39, 0.29) is 31.1 Å². The molecule has 3 N–H and O–H groups in total. The molecule has 2 aromatic carbocycles. The highest BCUT2D eigenvalue weighted by Gasteiger charge is 2.50. The fourth-order valence-electron chi connectivity index (χ4n) is 7.90. The van der Waals surface area contributed by atoms with Gasteiger partial charge in [0.15, 0.2) is 6.29 Å². The van der Waals surface area contributed by atoms with E-state index in [1.807, 2.05) is 36.4 Å². The van der Waals surface area contributed by atoms with Crippen molar-refractivity contribution in [3.63, 3.8) is 0 Å². The summed E-state index contributed by atoms with van der Waals surface area (Å²) in [5.74, 6) is -0.818. The molecule has 3 aliphatic rings. The van der Waals surface area contributed by atoms with E-state index < -0.39 is 12.3 Å². The van der Waals surface area contributed by atoms with E-state index in [2.05, 4.69) is 43.1 Å². The number of fused-ring (bicyclic) bond motifs is 2. The van der Waals surface area contributed by atoms with Crippen LogP contribution in [0, 0.1) is 10.8 Å². The number of rotatable bonds is 13. The quantitative estimate of drug-likeness (QED) is 0.231. The standard InChI is InChI=1S/C36H50N2O6/c1-35(2)18-29-19-36(3,23-35)24-38(29)21-30-17-31(27-13-11-26(22-39)12-14-27)44-34(43-30)28-15-9-25(10-16-28)20-37-32(40)7-5-4-6-8-33(41)42/h9-16,29-31,34,39H,4-8,17-24H2,1-3H3,(H,37,40)(H,41,42). The molecule has 0 spiro atoms. The zero-order valence-corrected chi connectivity index (χ0v) is 26.6. The lowest BCUT2D eigenvalue weighted by molar-refractivity contribution is -0.253. The molecular weight excluding hydrogens is 556 g/mol. The van der Waals surface area contributed by atoms with Crippen molar-refractivity contribution >= 4 is 11.9 Å². The predicted molar refractivity (Wildman–Crippen MR) is 169 cm³/mol. The number of carboxylic acid groups (broad SMARTS) is 1. The van der Waals surface area contributed by atoms with Gasteiger partial charge in [0.05, 0.1) is 18.8 Å². The fraction of sp³-hybridized carbons (Fsp3) is 0.611.